The summed E-state index contributed by atoms with van der Waals surface area (Å²) in [4.78, 5) is 7.81. The molecule has 6 rings (SSSR count). The Labute approximate surface area is 209 Å². The van der Waals surface area contributed by atoms with E-state index >= 15 is 0 Å². The Balaban J connectivity index is 1.32. The van der Waals surface area contributed by atoms with Crippen LogP contribution in [-0.2, 0) is 0 Å². The third-order valence-corrected chi connectivity index (χ3v) is 6.44. The van der Waals surface area contributed by atoms with Crippen LogP contribution in [0.2, 0.25) is 0 Å². The second-order valence-corrected chi connectivity index (χ2v) is 8.75. The lowest BCUT2D eigenvalue weighted by atomic mass is 9.98. The van der Waals surface area contributed by atoms with Crippen molar-refractivity contribution in [2.75, 3.05) is 5.01 Å². The molecule has 36 heavy (non-hydrogen) atoms. The third kappa shape index (κ3) is 4.17. The van der Waals surface area contributed by atoms with E-state index in [9.17, 15) is 5.26 Å². The van der Waals surface area contributed by atoms with Crippen LogP contribution in [0.25, 0.3) is 22.7 Å². The molecule has 1 aliphatic heterocycles. The average Bonchev–Trinajstić information content (AvgIpc) is 3.58. The van der Waals surface area contributed by atoms with Crippen molar-refractivity contribution >= 4 is 34.1 Å². The summed E-state index contributed by atoms with van der Waals surface area (Å²) >= 11 is 0. The van der Waals surface area contributed by atoms with Crippen LogP contribution in [0.15, 0.2) is 114 Å². The average molecular weight is 466 g/mol. The number of anilines is 1. The SMILES string of the molecule is N#C/C(=C\c1ccc(N2N=C(c3ccccc3)CC2c2ccccc2)cc1)c1nc2ccccc2[nH]1. The molecule has 0 saturated carbocycles. The van der Waals surface area contributed by atoms with Gasteiger partial charge in [-0.2, -0.15) is 10.4 Å². The van der Waals surface area contributed by atoms with Crippen LogP contribution < -0.4 is 5.01 Å². The molecule has 1 unspecified atom stereocenters. The topological polar surface area (TPSA) is 68.1 Å². The number of nitrogens with zero attached hydrogens (tertiary/aromatic N) is 4. The van der Waals surface area contributed by atoms with Crippen LogP contribution in [0.3, 0.4) is 0 Å². The first kappa shape index (κ1) is 21.6. The molecule has 0 bridgehead atoms. The maximum atomic E-state index is 9.79. The number of fused-ring (bicyclic) bond motifs is 1. The van der Waals surface area contributed by atoms with Crippen molar-refractivity contribution in [2.24, 2.45) is 5.10 Å². The fourth-order valence-electron chi connectivity index (χ4n) is 4.61. The van der Waals surface area contributed by atoms with E-state index in [4.69, 9.17) is 5.10 Å². The summed E-state index contributed by atoms with van der Waals surface area (Å²) in [7, 11) is 0. The number of imidazole rings is 1. The molecule has 1 atom stereocenters. The van der Waals surface area contributed by atoms with Crippen LogP contribution >= 0.6 is 0 Å². The molecule has 0 radical (unpaired) electrons. The summed E-state index contributed by atoms with van der Waals surface area (Å²) in [6.45, 7) is 0. The highest BCUT2D eigenvalue weighted by Crippen LogP contribution is 2.36. The standard InChI is InChI=1S/C31H23N5/c32-21-25(31-33-27-13-7-8-14-28(27)34-31)19-22-15-17-26(18-16-22)36-30(24-11-5-2-6-12-24)20-29(35-36)23-9-3-1-4-10-23/h1-19,30H,20H2,(H,33,34)/b25-19+. The van der Waals surface area contributed by atoms with E-state index in [-0.39, 0.29) is 6.04 Å². The Morgan fingerprint density at radius 1 is 0.861 bits per heavy atom. The summed E-state index contributed by atoms with van der Waals surface area (Å²) in [6.07, 6.45) is 2.69. The molecule has 0 fully saturated rings. The number of nitrogens with one attached hydrogen (secondary N) is 1. The molecule has 5 heteroatoms. The fraction of sp³-hybridized carbons (Fsp3) is 0.0645. The molecule has 1 N–H and O–H groups in total. The first-order valence-electron chi connectivity index (χ1n) is 11.9. The Morgan fingerprint density at radius 3 is 2.28 bits per heavy atom. The van der Waals surface area contributed by atoms with Crippen LogP contribution in [0.5, 0.6) is 0 Å². The summed E-state index contributed by atoms with van der Waals surface area (Å²) in [5, 5.41) is 16.9. The number of hydrogen-bond acceptors (Lipinski definition) is 4. The van der Waals surface area contributed by atoms with Crippen molar-refractivity contribution in [3.63, 3.8) is 0 Å². The van der Waals surface area contributed by atoms with Gasteiger partial charge >= 0.3 is 0 Å². The van der Waals surface area contributed by atoms with Crippen molar-refractivity contribution < 1.29 is 0 Å². The van der Waals surface area contributed by atoms with Gasteiger partial charge in [-0.1, -0.05) is 84.9 Å². The van der Waals surface area contributed by atoms with E-state index in [1.54, 1.807) is 0 Å². The van der Waals surface area contributed by atoms with E-state index in [1.165, 1.54) is 5.56 Å². The van der Waals surface area contributed by atoms with Crippen molar-refractivity contribution in [2.45, 2.75) is 12.5 Å². The molecule has 0 aliphatic carbocycles. The third-order valence-electron chi connectivity index (χ3n) is 6.44. The molecular weight excluding hydrogens is 442 g/mol. The number of aromatic amines is 1. The number of aromatic nitrogens is 2. The number of nitriles is 1. The van der Waals surface area contributed by atoms with Crippen molar-refractivity contribution in [1.29, 1.82) is 5.26 Å². The maximum absolute atomic E-state index is 9.79. The first-order chi connectivity index (χ1) is 17.8. The molecule has 0 spiro atoms. The molecule has 172 valence electrons. The zero-order valence-corrected chi connectivity index (χ0v) is 19.5. The number of allylic oxidation sites excluding steroid dienone is 1. The van der Waals surface area contributed by atoms with Gasteiger partial charge in [-0.05, 0) is 47.0 Å². The fourth-order valence-corrected chi connectivity index (χ4v) is 4.61. The molecule has 1 aromatic heterocycles. The van der Waals surface area contributed by atoms with Gasteiger partial charge in [0.15, 0.2) is 0 Å². The summed E-state index contributed by atoms with van der Waals surface area (Å²) in [5.41, 5.74) is 7.64. The molecule has 5 aromatic rings. The van der Waals surface area contributed by atoms with Gasteiger partial charge in [0.1, 0.15) is 11.9 Å². The quantitative estimate of drug-likeness (QED) is 0.285. The van der Waals surface area contributed by atoms with E-state index in [0.29, 0.717) is 11.4 Å². The largest absolute Gasteiger partial charge is 0.337 e. The lowest BCUT2D eigenvalue weighted by Crippen LogP contribution is -2.18. The van der Waals surface area contributed by atoms with Gasteiger partial charge in [-0.25, -0.2) is 4.98 Å². The molecule has 0 amide bonds. The van der Waals surface area contributed by atoms with Crippen molar-refractivity contribution in [3.05, 3.63) is 132 Å². The van der Waals surface area contributed by atoms with Gasteiger partial charge in [0, 0.05) is 6.42 Å². The number of benzene rings is 4. The van der Waals surface area contributed by atoms with Crippen molar-refractivity contribution in [1.82, 2.24) is 9.97 Å². The normalized spacial score (nSPS) is 15.6. The predicted octanol–water partition coefficient (Wildman–Crippen LogP) is 6.98. The van der Waals surface area contributed by atoms with E-state index in [0.717, 1.165) is 40.0 Å². The van der Waals surface area contributed by atoms with Gasteiger partial charge in [0.2, 0.25) is 0 Å². The summed E-state index contributed by atoms with van der Waals surface area (Å²) in [5.74, 6) is 0.573. The highest BCUT2D eigenvalue weighted by Gasteiger charge is 2.29. The highest BCUT2D eigenvalue weighted by molar-refractivity contribution is 6.03. The Bertz CT molecular complexity index is 1570. The second-order valence-electron chi connectivity index (χ2n) is 8.75. The van der Waals surface area contributed by atoms with Crippen LogP contribution in [0.1, 0.15) is 35.0 Å². The molecular formula is C31H23N5. The lowest BCUT2D eigenvalue weighted by molar-refractivity contribution is 0.709. The second kappa shape index (κ2) is 9.36. The van der Waals surface area contributed by atoms with Gasteiger partial charge in [-0.15, -0.1) is 0 Å². The molecule has 2 heterocycles. The number of rotatable bonds is 5. The molecule has 1 aliphatic rings. The Hall–Kier alpha value is -4.95. The number of H-pyrrole nitrogens is 1. The van der Waals surface area contributed by atoms with Crippen molar-refractivity contribution in [3.8, 4) is 6.07 Å². The number of hydrogen-bond donors (Lipinski definition) is 1. The minimum absolute atomic E-state index is 0.119. The highest BCUT2D eigenvalue weighted by atomic mass is 15.5. The van der Waals surface area contributed by atoms with E-state index in [2.05, 4.69) is 69.6 Å². The van der Waals surface area contributed by atoms with Crippen LogP contribution in [0, 0.1) is 11.3 Å². The maximum Gasteiger partial charge on any atom is 0.149 e. The molecule has 0 saturated heterocycles. The van der Waals surface area contributed by atoms with Crippen LogP contribution in [-0.4, -0.2) is 15.7 Å². The Kier molecular flexibility index (Phi) is 5.61. The zero-order valence-electron chi connectivity index (χ0n) is 19.5. The zero-order chi connectivity index (χ0) is 24.3. The minimum Gasteiger partial charge on any atom is -0.337 e. The number of para-hydroxylation sites is 2. The van der Waals surface area contributed by atoms with Crippen LogP contribution in [0.4, 0.5) is 5.69 Å². The van der Waals surface area contributed by atoms with E-state index in [1.807, 2.05) is 66.7 Å². The summed E-state index contributed by atoms with van der Waals surface area (Å²) < 4.78 is 0. The lowest BCUT2D eigenvalue weighted by Gasteiger charge is -2.24. The summed E-state index contributed by atoms with van der Waals surface area (Å²) in [6, 6.07) is 39.2. The molecule has 4 aromatic carbocycles. The van der Waals surface area contributed by atoms with Gasteiger partial charge in [0.25, 0.3) is 0 Å². The smallest absolute Gasteiger partial charge is 0.149 e. The van der Waals surface area contributed by atoms with E-state index < -0.39 is 0 Å². The minimum atomic E-state index is 0.119. The van der Waals surface area contributed by atoms with Gasteiger partial charge in [0.05, 0.1) is 34.0 Å². The predicted molar refractivity (Wildman–Crippen MR) is 145 cm³/mol. The monoisotopic (exact) mass is 465 g/mol. The van der Waals surface area contributed by atoms with Gasteiger partial charge in [-0.3, -0.25) is 5.01 Å². The van der Waals surface area contributed by atoms with Gasteiger partial charge < -0.3 is 4.98 Å². The first-order valence-corrected chi connectivity index (χ1v) is 11.9. The molecule has 5 nitrogen and oxygen atoms in total. The Morgan fingerprint density at radius 2 is 1.56 bits per heavy atom. The number of hydrazone groups is 1.